The summed E-state index contributed by atoms with van der Waals surface area (Å²) in [4.78, 5) is 40.4. The fraction of sp³-hybridized carbons (Fsp3) is 0.211. The number of thiophene rings is 1. The molecular weight excluding hydrogens is 404 g/mol. The fourth-order valence-corrected chi connectivity index (χ4v) is 4.55. The van der Waals surface area contributed by atoms with Gasteiger partial charge in [-0.1, -0.05) is 23.7 Å². The Morgan fingerprint density at radius 2 is 1.93 bits per heavy atom. The maximum atomic E-state index is 12.5. The number of benzene rings is 1. The van der Waals surface area contributed by atoms with Crippen LogP contribution in [0.1, 0.15) is 25.7 Å². The zero-order valence-electron chi connectivity index (χ0n) is 14.7. The van der Waals surface area contributed by atoms with Crippen LogP contribution in [0.25, 0.3) is 6.08 Å². The highest BCUT2D eigenvalue weighted by atomic mass is 35.5. The maximum Gasteiger partial charge on any atom is 0.293 e. The van der Waals surface area contributed by atoms with E-state index in [1.54, 1.807) is 41.7 Å². The summed E-state index contributed by atoms with van der Waals surface area (Å²) >= 11 is 8.31. The number of rotatable bonds is 5. The van der Waals surface area contributed by atoms with Crippen molar-refractivity contribution in [1.82, 2.24) is 10.2 Å². The summed E-state index contributed by atoms with van der Waals surface area (Å²) in [5.41, 5.74) is 1.43. The molecule has 0 unspecified atom stereocenters. The monoisotopic (exact) mass is 420 g/mol. The number of imide groups is 1. The molecule has 1 aliphatic rings. The Bertz CT molecular complexity index is 935. The molecule has 1 N–H and O–H groups in total. The van der Waals surface area contributed by atoms with Gasteiger partial charge in [0.1, 0.15) is 0 Å². The van der Waals surface area contributed by atoms with E-state index in [0.717, 1.165) is 32.0 Å². The third-order valence-corrected chi connectivity index (χ3v) is 6.07. The maximum absolute atomic E-state index is 12.5. The number of carbonyl (C=O) groups is 3. The molecule has 1 aliphatic heterocycles. The summed E-state index contributed by atoms with van der Waals surface area (Å²) in [7, 11) is 0. The Kier molecular flexibility index (Phi) is 6.04. The average Bonchev–Trinajstić information content (AvgIpc) is 3.09. The van der Waals surface area contributed by atoms with Crippen LogP contribution in [0.2, 0.25) is 5.02 Å². The SMILES string of the molecule is Cc1cc(C(=O)NCCN2C(=O)S/C(=C\c3ccc(Cl)cc3)C2=O)c(C)s1. The Labute approximate surface area is 170 Å². The van der Waals surface area contributed by atoms with Crippen LogP contribution < -0.4 is 5.32 Å². The van der Waals surface area contributed by atoms with Gasteiger partial charge in [0.15, 0.2) is 0 Å². The van der Waals surface area contributed by atoms with Gasteiger partial charge in [0.25, 0.3) is 17.1 Å². The molecule has 0 atom stereocenters. The minimum atomic E-state index is -0.350. The van der Waals surface area contributed by atoms with E-state index in [-0.39, 0.29) is 30.1 Å². The van der Waals surface area contributed by atoms with Gasteiger partial charge in [0, 0.05) is 27.9 Å². The van der Waals surface area contributed by atoms with Crippen LogP contribution in [0.3, 0.4) is 0 Å². The van der Waals surface area contributed by atoms with Crippen molar-refractivity contribution in [2.75, 3.05) is 13.1 Å². The molecule has 0 spiro atoms. The number of hydrogen-bond donors (Lipinski definition) is 1. The Balaban J connectivity index is 1.60. The number of amides is 3. The lowest BCUT2D eigenvalue weighted by atomic mass is 10.2. The Morgan fingerprint density at radius 1 is 1.22 bits per heavy atom. The van der Waals surface area contributed by atoms with Crippen molar-refractivity contribution >= 4 is 57.8 Å². The van der Waals surface area contributed by atoms with Crippen LogP contribution in [0.15, 0.2) is 35.2 Å². The number of hydrogen-bond acceptors (Lipinski definition) is 5. The molecule has 27 heavy (non-hydrogen) atoms. The largest absolute Gasteiger partial charge is 0.350 e. The lowest BCUT2D eigenvalue weighted by Gasteiger charge is -2.12. The van der Waals surface area contributed by atoms with Crippen LogP contribution in [0.5, 0.6) is 0 Å². The molecule has 5 nitrogen and oxygen atoms in total. The average molecular weight is 421 g/mol. The fourth-order valence-electron chi connectivity index (χ4n) is 2.64. The molecule has 1 aromatic carbocycles. The number of thioether (sulfide) groups is 1. The predicted molar refractivity (Wildman–Crippen MR) is 110 cm³/mol. The summed E-state index contributed by atoms with van der Waals surface area (Å²) in [5.74, 6) is -0.544. The van der Waals surface area contributed by atoms with E-state index in [0.29, 0.717) is 15.5 Å². The van der Waals surface area contributed by atoms with Crippen molar-refractivity contribution in [3.8, 4) is 0 Å². The topological polar surface area (TPSA) is 66.5 Å². The highest BCUT2D eigenvalue weighted by molar-refractivity contribution is 8.18. The summed E-state index contributed by atoms with van der Waals surface area (Å²) in [5, 5.41) is 3.04. The summed E-state index contributed by atoms with van der Waals surface area (Å²) in [6.07, 6.45) is 1.66. The Morgan fingerprint density at radius 3 is 2.56 bits per heavy atom. The van der Waals surface area contributed by atoms with Crippen molar-refractivity contribution in [2.45, 2.75) is 13.8 Å². The molecule has 0 bridgehead atoms. The number of nitrogens with one attached hydrogen (secondary N) is 1. The van der Waals surface area contributed by atoms with Crippen LogP contribution >= 0.6 is 34.7 Å². The van der Waals surface area contributed by atoms with Crippen molar-refractivity contribution < 1.29 is 14.4 Å². The zero-order valence-corrected chi connectivity index (χ0v) is 17.1. The number of nitrogens with zero attached hydrogens (tertiary/aromatic N) is 1. The van der Waals surface area contributed by atoms with Gasteiger partial charge in [0.2, 0.25) is 0 Å². The van der Waals surface area contributed by atoms with Crippen LogP contribution in [-0.4, -0.2) is 35.0 Å². The molecular formula is C19H17ClN2O3S2. The first-order chi connectivity index (χ1) is 12.8. The van der Waals surface area contributed by atoms with Gasteiger partial charge in [-0.25, -0.2) is 0 Å². The van der Waals surface area contributed by atoms with Crippen molar-refractivity contribution in [3.05, 3.63) is 61.1 Å². The second-order valence-electron chi connectivity index (χ2n) is 5.97. The lowest BCUT2D eigenvalue weighted by molar-refractivity contribution is -0.122. The summed E-state index contributed by atoms with van der Waals surface area (Å²) in [6, 6.07) is 8.84. The molecule has 1 fully saturated rings. The minimum absolute atomic E-state index is 0.135. The molecule has 0 aliphatic carbocycles. The van der Waals surface area contributed by atoms with Gasteiger partial charge >= 0.3 is 0 Å². The van der Waals surface area contributed by atoms with E-state index < -0.39 is 0 Å². The second kappa shape index (κ2) is 8.29. The van der Waals surface area contributed by atoms with Crippen LogP contribution in [0.4, 0.5) is 4.79 Å². The normalized spacial score (nSPS) is 15.7. The number of carbonyl (C=O) groups excluding carboxylic acids is 3. The third kappa shape index (κ3) is 4.61. The first kappa shape index (κ1) is 19.7. The molecule has 3 amide bonds. The highest BCUT2D eigenvalue weighted by Crippen LogP contribution is 2.32. The van der Waals surface area contributed by atoms with Gasteiger partial charge in [-0.15, -0.1) is 11.3 Å². The van der Waals surface area contributed by atoms with Gasteiger partial charge in [-0.2, -0.15) is 0 Å². The summed E-state index contributed by atoms with van der Waals surface area (Å²) < 4.78 is 0. The molecule has 1 aromatic heterocycles. The first-order valence-corrected chi connectivity index (χ1v) is 10.2. The van der Waals surface area contributed by atoms with Gasteiger partial charge in [-0.3, -0.25) is 19.3 Å². The van der Waals surface area contributed by atoms with E-state index in [9.17, 15) is 14.4 Å². The molecule has 2 heterocycles. The lowest BCUT2D eigenvalue weighted by Crippen LogP contribution is -2.37. The molecule has 2 aromatic rings. The molecule has 1 saturated heterocycles. The minimum Gasteiger partial charge on any atom is -0.350 e. The van der Waals surface area contributed by atoms with E-state index in [1.165, 1.54) is 0 Å². The zero-order chi connectivity index (χ0) is 19.6. The quantitative estimate of drug-likeness (QED) is 0.724. The Hall–Kier alpha value is -2.09. The molecule has 8 heteroatoms. The molecule has 0 radical (unpaired) electrons. The molecule has 140 valence electrons. The summed E-state index contributed by atoms with van der Waals surface area (Å²) in [6.45, 7) is 4.18. The number of halogens is 1. The van der Waals surface area contributed by atoms with Crippen molar-refractivity contribution in [3.63, 3.8) is 0 Å². The van der Waals surface area contributed by atoms with E-state index >= 15 is 0 Å². The molecule has 0 saturated carbocycles. The standard InChI is InChI=1S/C19H17ClN2O3S2/c1-11-9-15(12(2)26-11)17(23)21-7-8-22-18(24)16(27-19(22)25)10-13-3-5-14(20)6-4-13/h3-6,9-10H,7-8H2,1-2H3,(H,21,23)/b16-10-. The third-order valence-electron chi connectivity index (χ3n) is 3.95. The predicted octanol–water partition coefficient (Wildman–Crippen LogP) is 4.48. The smallest absolute Gasteiger partial charge is 0.293 e. The van der Waals surface area contributed by atoms with Crippen LogP contribution in [-0.2, 0) is 4.79 Å². The van der Waals surface area contributed by atoms with Gasteiger partial charge < -0.3 is 5.32 Å². The highest BCUT2D eigenvalue weighted by Gasteiger charge is 2.34. The van der Waals surface area contributed by atoms with E-state index in [4.69, 9.17) is 11.6 Å². The number of aryl methyl sites for hydroxylation is 2. The van der Waals surface area contributed by atoms with E-state index in [2.05, 4.69) is 5.32 Å². The molecule has 3 rings (SSSR count). The van der Waals surface area contributed by atoms with Crippen molar-refractivity contribution in [2.24, 2.45) is 0 Å². The first-order valence-electron chi connectivity index (χ1n) is 8.21. The van der Waals surface area contributed by atoms with Crippen molar-refractivity contribution in [1.29, 1.82) is 0 Å². The van der Waals surface area contributed by atoms with Crippen LogP contribution in [0, 0.1) is 13.8 Å². The van der Waals surface area contributed by atoms with Gasteiger partial charge in [-0.05, 0) is 55.4 Å². The van der Waals surface area contributed by atoms with Gasteiger partial charge in [0.05, 0.1) is 10.5 Å². The second-order valence-corrected chi connectivity index (χ2v) is 8.86. The van der Waals surface area contributed by atoms with E-state index in [1.807, 2.05) is 19.9 Å².